The molecule has 5 rings (SSSR count). The molecule has 2 aromatic heterocycles. The lowest BCUT2D eigenvalue weighted by atomic mass is 9.96. The number of hydrogen-bond donors (Lipinski definition) is 1. The number of nitrogens with one attached hydrogen (secondary N) is 1. The number of rotatable bonds is 9. The average Bonchev–Trinajstić information content (AvgIpc) is 3.00. The highest BCUT2D eigenvalue weighted by atomic mass is 16.5. The number of carbonyl (C=O) groups excluding carboxylic acids is 1. The first-order valence-corrected chi connectivity index (χ1v) is 13.5. The number of methoxy groups -OCH3 is 1. The normalized spacial score (nSPS) is 16.7. The van der Waals surface area contributed by atoms with E-state index in [0.29, 0.717) is 19.0 Å². The van der Waals surface area contributed by atoms with Crippen LogP contribution in [0.25, 0.3) is 11.3 Å². The van der Waals surface area contributed by atoms with Crippen molar-refractivity contribution in [3.8, 4) is 22.9 Å². The molecule has 0 aliphatic carbocycles. The second-order valence-electron chi connectivity index (χ2n) is 9.88. The van der Waals surface area contributed by atoms with Crippen molar-refractivity contribution in [3.63, 3.8) is 0 Å². The minimum Gasteiger partial charge on any atom is -0.496 e. The summed E-state index contributed by atoms with van der Waals surface area (Å²) in [5.74, 6) is 3.04. The average molecular weight is 533 g/mol. The maximum atomic E-state index is 12.7. The van der Waals surface area contributed by atoms with E-state index in [0.717, 1.165) is 80.8 Å². The van der Waals surface area contributed by atoms with E-state index in [-0.39, 0.29) is 11.8 Å². The summed E-state index contributed by atoms with van der Waals surface area (Å²) in [6.45, 7) is 6.19. The standard InChI is InChI=1S/C28H36N8O3/c1-34-14-16-36(17-15-34)26-19-27(31-20-30-26)39-18-11-29-28(37)21-9-12-35(13-10-21)25-8-7-23(32-33-25)22-5-3-4-6-24(22)38-2/h3-8,19-21H,9-18H2,1-2H3,(H,29,37). The third-order valence-electron chi connectivity index (χ3n) is 7.33. The zero-order chi connectivity index (χ0) is 27.0. The summed E-state index contributed by atoms with van der Waals surface area (Å²) in [6, 6.07) is 13.6. The van der Waals surface area contributed by atoms with Gasteiger partial charge in [0.25, 0.3) is 0 Å². The summed E-state index contributed by atoms with van der Waals surface area (Å²) in [7, 11) is 3.78. The summed E-state index contributed by atoms with van der Waals surface area (Å²) in [6.07, 6.45) is 3.07. The summed E-state index contributed by atoms with van der Waals surface area (Å²) in [5.41, 5.74) is 1.68. The lowest BCUT2D eigenvalue weighted by Gasteiger charge is -2.33. The third kappa shape index (κ3) is 6.72. The number of anilines is 2. The van der Waals surface area contributed by atoms with E-state index in [1.54, 1.807) is 7.11 Å². The van der Waals surface area contributed by atoms with Gasteiger partial charge in [0, 0.05) is 56.8 Å². The quantitative estimate of drug-likeness (QED) is 0.412. The largest absolute Gasteiger partial charge is 0.496 e. The molecular weight excluding hydrogens is 496 g/mol. The monoisotopic (exact) mass is 532 g/mol. The molecule has 0 spiro atoms. The Morgan fingerprint density at radius 1 is 0.949 bits per heavy atom. The minimum atomic E-state index is -0.0232. The van der Waals surface area contributed by atoms with E-state index < -0.39 is 0 Å². The molecule has 0 unspecified atom stereocenters. The first-order valence-electron chi connectivity index (χ1n) is 13.5. The van der Waals surface area contributed by atoms with Crippen molar-refractivity contribution >= 4 is 17.5 Å². The molecule has 1 N–H and O–H groups in total. The van der Waals surface area contributed by atoms with E-state index in [9.17, 15) is 4.79 Å². The zero-order valence-corrected chi connectivity index (χ0v) is 22.6. The minimum absolute atomic E-state index is 0.0232. The van der Waals surface area contributed by atoms with Crippen LogP contribution in [0.4, 0.5) is 11.6 Å². The van der Waals surface area contributed by atoms with Crippen LogP contribution < -0.4 is 24.6 Å². The topological polar surface area (TPSA) is 109 Å². The molecule has 4 heterocycles. The predicted octanol–water partition coefficient (Wildman–Crippen LogP) is 2.11. The van der Waals surface area contributed by atoms with Crippen molar-refractivity contribution in [2.45, 2.75) is 12.8 Å². The van der Waals surface area contributed by atoms with Crippen LogP contribution in [0.3, 0.4) is 0 Å². The molecule has 11 nitrogen and oxygen atoms in total. The number of amides is 1. The number of ether oxygens (including phenoxy) is 2. The molecule has 2 saturated heterocycles. The van der Waals surface area contributed by atoms with Gasteiger partial charge in [0.2, 0.25) is 11.8 Å². The maximum Gasteiger partial charge on any atom is 0.223 e. The van der Waals surface area contributed by atoms with Gasteiger partial charge in [-0.3, -0.25) is 4.79 Å². The van der Waals surface area contributed by atoms with Crippen molar-refractivity contribution in [1.29, 1.82) is 0 Å². The summed E-state index contributed by atoms with van der Waals surface area (Å²) >= 11 is 0. The Balaban J connectivity index is 1.04. The number of carbonyl (C=O) groups is 1. The van der Waals surface area contributed by atoms with Gasteiger partial charge in [-0.15, -0.1) is 10.2 Å². The molecule has 11 heteroatoms. The summed E-state index contributed by atoms with van der Waals surface area (Å²) in [5, 5.41) is 11.9. The fourth-order valence-corrected chi connectivity index (χ4v) is 4.96. The van der Waals surface area contributed by atoms with Gasteiger partial charge >= 0.3 is 0 Å². The van der Waals surface area contributed by atoms with Crippen LogP contribution in [-0.2, 0) is 4.79 Å². The van der Waals surface area contributed by atoms with Crippen molar-refractivity contribution in [1.82, 2.24) is 30.4 Å². The Labute approximate surface area is 229 Å². The van der Waals surface area contributed by atoms with Gasteiger partial charge in [-0.1, -0.05) is 12.1 Å². The molecule has 0 bridgehead atoms. The van der Waals surface area contributed by atoms with E-state index in [1.165, 1.54) is 6.33 Å². The molecule has 3 aromatic rings. The number of aromatic nitrogens is 4. The highest BCUT2D eigenvalue weighted by molar-refractivity contribution is 5.79. The molecular formula is C28H36N8O3. The number of likely N-dealkylation sites (N-methyl/N-ethyl adjacent to an activating group) is 1. The molecule has 0 atom stereocenters. The molecule has 1 amide bonds. The lowest BCUT2D eigenvalue weighted by molar-refractivity contribution is -0.125. The number of piperidine rings is 1. The van der Waals surface area contributed by atoms with Gasteiger partial charge in [-0.25, -0.2) is 9.97 Å². The molecule has 1 aromatic carbocycles. The molecule has 2 aliphatic heterocycles. The van der Waals surface area contributed by atoms with Gasteiger partial charge in [-0.2, -0.15) is 0 Å². The Kier molecular flexibility index (Phi) is 8.67. The Morgan fingerprint density at radius 3 is 2.46 bits per heavy atom. The van der Waals surface area contributed by atoms with E-state index in [4.69, 9.17) is 9.47 Å². The SMILES string of the molecule is COc1ccccc1-c1ccc(N2CCC(C(=O)NCCOc3cc(N4CCN(C)CC4)ncn3)CC2)nn1. The van der Waals surface area contributed by atoms with Crippen molar-refractivity contribution < 1.29 is 14.3 Å². The number of benzene rings is 1. The van der Waals surface area contributed by atoms with Crippen LogP contribution in [0.1, 0.15) is 12.8 Å². The van der Waals surface area contributed by atoms with Crippen LogP contribution in [0.5, 0.6) is 11.6 Å². The van der Waals surface area contributed by atoms with E-state index in [1.807, 2.05) is 42.5 Å². The predicted molar refractivity (Wildman–Crippen MR) is 149 cm³/mol. The van der Waals surface area contributed by atoms with Gasteiger partial charge < -0.3 is 29.5 Å². The second kappa shape index (κ2) is 12.7. The van der Waals surface area contributed by atoms with Gasteiger partial charge in [0.15, 0.2) is 5.82 Å². The number of para-hydroxylation sites is 1. The third-order valence-corrected chi connectivity index (χ3v) is 7.33. The fourth-order valence-electron chi connectivity index (χ4n) is 4.96. The molecule has 2 aliphatic rings. The fraction of sp³-hybridized carbons (Fsp3) is 0.464. The lowest BCUT2D eigenvalue weighted by Crippen LogP contribution is -2.44. The maximum absolute atomic E-state index is 12.7. The Morgan fingerprint density at radius 2 is 1.72 bits per heavy atom. The highest BCUT2D eigenvalue weighted by Crippen LogP contribution is 2.29. The van der Waals surface area contributed by atoms with E-state index >= 15 is 0 Å². The smallest absolute Gasteiger partial charge is 0.223 e. The number of nitrogens with zero attached hydrogens (tertiary/aromatic N) is 7. The van der Waals surface area contributed by atoms with Crippen molar-refractivity contribution in [2.24, 2.45) is 5.92 Å². The summed E-state index contributed by atoms with van der Waals surface area (Å²) < 4.78 is 11.2. The van der Waals surface area contributed by atoms with Crippen molar-refractivity contribution in [2.75, 3.05) is 76.4 Å². The van der Waals surface area contributed by atoms with Crippen LogP contribution >= 0.6 is 0 Å². The van der Waals surface area contributed by atoms with Gasteiger partial charge in [-0.05, 0) is 44.2 Å². The van der Waals surface area contributed by atoms with Crippen LogP contribution in [0.2, 0.25) is 0 Å². The van der Waals surface area contributed by atoms with Crippen LogP contribution in [0, 0.1) is 5.92 Å². The molecule has 206 valence electrons. The first kappa shape index (κ1) is 26.6. The number of piperazine rings is 1. The van der Waals surface area contributed by atoms with E-state index in [2.05, 4.69) is 47.2 Å². The number of hydrogen-bond acceptors (Lipinski definition) is 10. The van der Waals surface area contributed by atoms with Crippen LogP contribution in [0.15, 0.2) is 48.8 Å². The highest BCUT2D eigenvalue weighted by Gasteiger charge is 2.26. The first-order chi connectivity index (χ1) is 19.1. The van der Waals surface area contributed by atoms with Crippen molar-refractivity contribution in [3.05, 3.63) is 48.8 Å². The molecule has 0 saturated carbocycles. The summed E-state index contributed by atoms with van der Waals surface area (Å²) in [4.78, 5) is 28.1. The van der Waals surface area contributed by atoms with Gasteiger partial charge in [0.1, 0.15) is 24.5 Å². The molecule has 0 radical (unpaired) electrons. The second-order valence-corrected chi connectivity index (χ2v) is 9.88. The van der Waals surface area contributed by atoms with Gasteiger partial charge in [0.05, 0.1) is 19.3 Å². The molecule has 2 fully saturated rings. The Hall–Kier alpha value is -3.99. The Bertz CT molecular complexity index is 1230. The molecule has 39 heavy (non-hydrogen) atoms. The van der Waals surface area contributed by atoms with Crippen LogP contribution in [-0.4, -0.2) is 97.6 Å². The zero-order valence-electron chi connectivity index (χ0n) is 22.6.